The summed E-state index contributed by atoms with van der Waals surface area (Å²) in [6.45, 7) is 0.450. The molecule has 2 aliphatic rings. The summed E-state index contributed by atoms with van der Waals surface area (Å²) in [4.78, 5) is 32.2. The van der Waals surface area contributed by atoms with Crippen molar-refractivity contribution >= 4 is 11.9 Å². The van der Waals surface area contributed by atoms with Crippen LogP contribution in [0.15, 0.2) is 65.4 Å². The van der Waals surface area contributed by atoms with Crippen LogP contribution in [0, 0.1) is 5.92 Å². The molecule has 2 atom stereocenters. The maximum atomic E-state index is 12.4. The van der Waals surface area contributed by atoms with Gasteiger partial charge in [0.25, 0.3) is 5.91 Å². The topological polar surface area (TPSA) is 130 Å². The average molecular weight is 484 g/mol. The fourth-order valence-electron chi connectivity index (χ4n) is 4.53. The summed E-state index contributed by atoms with van der Waals surface area (Å²) in [5.74, 6) is 0.740. The number of aromatic nitrogens is 5. The minimum Gasteiger partial charge on any atom is -0.373 e. The zero-order chi connectivity index (χ0) is 24.7. The normalized spacial score (nSPS) is 20.5. The number of anilines is 1. The summed E-state index contributed by atoms with van der Waals surface area (Å²) in [6, 6.07) is 14.8. The van der Waals surface area contributed by atoms with Crippen molar-refractivity contribution < 1.29 is 14.4 Å². The first-order valence-electron chi connectivity index (χ1n) is 11.9. The largest absolute Gasteiger partial charge is 0.373 e. The van der Waals surface area contributed by atoms with Gasteiger partial charge >= 0.3 is 0 Å². The lowest BCUT2D eigenvalue weighted by atomic mass is 9.98. The Kier molecular flexibility index (Phi) is 5.45. The third-order valence-electron chi connectivity index (χ3n) is 6.74. The standard InChI is InChI=1S/C26H25N7O3/c1-33-14-11-26(35,24(33)34)22-15-21(32-36-22)18-7-4-6-17(29-18)19-10-13-28-25(30-19)31-23(16-8-9-16)20-5-2-3-12-27-20/h2-7,10,12-13,15-16,23,35H,8-9,11,14H2,1H3,(H,28,30,31). The highest BCUT2D eigenvalue weighted by Gasteiger charge is 2.48. The van der Waals surface area contributed by atoms with Crippen LogP contribution in [-0.4, -0.2) is 54.6 Å². The summed E-state index contributed by atoms with van der Waals surface area (Å²) >= 11 is 0. The van der Waals surface area contributed by atoms with E-state index in [-0.39, 0.29) is 18.2 Å². The van der Waals surface area contributed by atoms with Crippen molar-refractivity contribution in [2.24, 2.45) is 5.92 Å². The highest BCUT2D eigenvalue weighted by molar-refractivity contribution is 5.87. The first-order chi connectivity index (χ1) is 17.5. The van der Waals surface area contributed by atoms with Gasteiger partial charge in [-0.1, -0.05) is 17.3 Å². The molecule has 4 aromatic rings. The van der Waals surface area contributed by atoms with E-state index >= 15 is 0 Å². The molecule has 0 bridgehead atoms. The molecule has 10 heteroatoms. The monoisotopic (exact) mass is 483 g/mol. The van der Waals surface area contributed by atoms with Gasteiger partial charge < -0.3 is 19.8 Å². The maximum Gasteiger partial charge on any atom is 0.262 e. The molecule has 1 saturated carbocycles. The number of pyridine rings is 2. The number of hydrogen-bond acceptors (Lipinski definition) is 9. The van der Waals surface area contributed by atoms with E-state index in [4.69, 9.17) is 14.5 Å². The van der Waals surface area contributed by atoms with Crippen LogP contribution in [0.1, 0.15) is 36.8 Å². The Bertz CT molecular complexity index is 1410. The van der Waals surface area contributed by atoms with E-state index in [1.807, 2.05) is 30.3 Å². The van der Waals surface area contributed by atoms with E-state index in [1.165, 1.54) is 4.90 Å². The SMILES string of the molecule is CN1CCC(O)(c2cc(-c3cccc(-c4ccnc(NC(c5ccccn5)C5CC5)n4)n3)no2)C1=O. The number of nitrogens with zero attached hydrogens (tertiary/aromatic N) is 6. The molecule has 0 radical (unpaired) electrons. The number of hydrogen-bond donors (Lipinski definition) is 2. The van der Waals surface area contributed by atoms with Gasteiger partial charge in [-0.15, -0.1) is 0 Å². The lowest BCUT2D eigenvalue weighted by Crippen LogP contribution is -2.35. The van der Waals surface area contributed by atoms with E-state index in [1.54, 1.807) is 37.6 Å². The second-order valence-corrected chi connectivity index (χ2v) is 9.30. The van der Waals surface area contributed by atoms with Gasteiger partial charge in [-0.05, 0) is 49.1 Å². The number of carbonyl (C=O) groups excluding carboxylic acids is 1. The highest BCUT2D eigenvalue weighted by atomic mass is 16.5. The summed E-state index contributed by atoms with van der Waals surface area (Å²) in [5, 5.41) is 18.4. The summed E-state index contributed by atoms with van der Waals surface area (Å²) < 4.78 is 5.37. The second kappa shape index (κ2) is 8.80. The van der Waals surface area contributed by atoms with Crippen LogP contribution in [0.5, 0.6) is 0 Å². The molecular weight excluding hydrogens is 458 g/mol. The predicted octanol–water partition coefficient (Wildman–Crippen LogP) is 3.20. The molecule has 1 aliphatic heterocycles. The van der Waals surface area contributed by atoms with Gasteiger partial charge in [0, 0.05) is 38.5 Å². The van der Waals surface area contributed by atoms with Gasteiger partial charge in [0.2, 0.25) is 11.5 Å². The molecule has 36 heavy (non-hydrogen) atoms. The van der Waals surface area contributed by atoms with Crippen molar-refractivity contribution in [1.29, 1.82) is 0 Å². The Labute approximate surface area is 207 Å². The Balaban J connectivity index is 1.26. The van der Waals surface area contributed by atoms with Gasteiger partial charge in [0.15, 0.2) is 5.76 Å². The Hall–Kier alpha value is -4.18. The minimum atomic E-state index is -1.70. The van der Waals surface area contributed by atoms with Crippen molar-refractivity contribution in [3.8, 4) is 22.8 Å². The van der Waals surface area contributed by atoms with E-state index in [9.17, 15) is 9.90 Å². The van der Waals surface area contributed by atoms with E-state index in [0.29, 0.717) is 41.2 Å². The molecule has 182 valence electrons. The van der Waals surface area contributed by atoms with Crippen LogP contribution < -0.4 is 5.32 Å². The van der Waals surface area contributed by atoms with Gasteiger partial charge in [0.05, 0.1) is 28.8 Å². The van der Waals surface area contributed by atoms with E-state index in [0.717, 1.165) is 18.5 Å². The summed E-state index contributed by atoms with van der Waals surface area (Å²) in [6.07, 6.45) is 6.05. The number of nitrogens with one attached hydrogen (secondary N) is 1. The molecule has 1 amide bonds. The fourth-order valence-corrected chi connectivity index (χ4v) is 4.53. The Morgan fingerprint density at radius 2 is 1.83 bits per heavy atom. The van der Waals surface area contributed by atoms with Crippen molar-refractivity contribution in [3.63, 3.8) is 0 Å². The number of carbonyl (C=O) groups is 1. The number of aliphatic hydroxyl groups is 1. The van der Waals surface area contributed by atoms with Crippen LogP contribution in [0.3, 0.4) is 0 Å². The zero-order valence-corrected chi connectivity index (χ0v) is 19.7. The van der Waals surface area contributed by atoms with Crippen LogP contribution in [0.2, 0.25) is 0 Å². The van der Waals surface area contributed by atoms with Crippen molar-refractivity contribution in [2.45, 2.75) is 30.9 Å². The van der Waals surface area contributed by atoms with E-state index in [2.05, 4.69) is 20.4 Å². The van der Waals surface area contributed by atoms with Crippen LogP contribution >= 0.6 is 0 Å². The maximum absolute atomic E-state index is 12.4. The molecule has 1 aliphatic carbocycles. The van der Waals surface area contributed by atoms with Crippen LogP contribution in [-0.2, 0) is 10.4 Å². The molecular formula is C26H25N7O3. The molecule has 6 rings (SSSR count). The van der Waals surface area contributed by atoms with Gasteiger partial charge in [-0.3, -0.25) is 9.78 Å². The number of amides is 1. The average Bonchev–Trinajstić information content (AvgIpc) is 3.57. The second-order valence-electron chi connectivity index (χ2n) is 9.30. The lowest BCUT2D eigenvalue weighted by Gasteiger charge is -2.18. The smallest absolute Gasteiger partial charge is 0.262 e. The Morgan fingerprint density at radius 3 is 2.56 bits per heavy atom. The summed E-state index contributed by atoms with van der Waals surface area (Å²) in [5.41, 5.74) is 1.54. The van der Waals surface area contributed by atoms with Crippen molar-refractivity contribution in [3.05, 3.63) is 72.4 Å². The molecule has 4 aromatic heterocycles. The third kappa shape index (κ3) is 4.09. The van der Waals surface area contributed by atoms with Crippen LogP contribution in [0.4, 0.5) is 5.95 Å². The molecule has 0 aromatic carbocycles. The highest BCUT2D eigenvalue weighted by Crippen LogP contribution is 2.42. The Morgan fingerprint density at radius 1 is 1.03 bits per heavy atom. The number of rotatable bonds is 7. The third-order valence-corrected chi connectivity index (χ3v) is 6.74. The molecule has 5 heterocycles. The van der Waals surface area contributed by atoms with E-state index < -0.39 is 11.5 Å². The number of likely N-dealkylation sites (tertiary alicyclic amines) is 1. The molecule has 2 unspecified atom stereocenters. The van der Waals surface area contributed by atoms with Crippen LogP contribution in [0.25, 0.3) is 22.8 Å². The van der Waals surface area contributed by atoms with Crippen molar-refractivity contribution in [2.75, 3.05) is 18.9 Å². The predicted molar refractivity (Wildman–Crippen MR) is 130 cm³/mol. The molecule has 2 N–H and O–H groups in total. The zero-order valence-electron chi connectivity index (χ0n) is 19.7. The summed E-state index contributed by atoms with van der Waals surface area (Å²) in [7, 11) is 1.65. The molecule has 1 saturated heterocycles. The van der Waals surface area contributed by atoms with Crippen molar-refractivity contribution in [1.82, 2.24) is 30.0 Å². The first kappa shape index (κ1) is 22.3. The number of likely N-dealkylation sites (N-methyl/N-ethyl adjacent to an activating group) is 1. The fraction of sp³-hybridized carbons (Fsp3) is 0.308. The molecule has 2 fully saturated rings. The van der Waals surface area contributed by atoms with Gasteiger partial charge in [-0.2, -0.15) is 0 Å². The minimum absolute atomic E-state index is 0.0532. The lowest BCUT2D eigenvalue weighted by molar-refractivity contribution is -0.144. The van der Waals surface area contributed by atoms with Gasteiger partial charge in [0.1, 0.15) is 5.69 Å². The molecule has 10 nitrogen and oxygen atoms in total. The quantitative estimate of drug-likeness (QED) is 0.407. The first-order valence-corrected chi connectivity index (χ1v) is 11.9. The molecule has 0 spiro atoms. The van der Waals surface area contributed by atoms with Gasteiger partial charge in [-0.25, -0.2) is 15.0 Å².